The molecule has 130 valence electrons. The van der Waals surface area contributed by atoms with Gasteiger partial charge in [0.25, 0.3) is 0 Å². The van der Waals surface area contributed by atoms with Gasteiger partial charge in [0.05, 0.1) is 24.9 Å². The maximum atomic E-state index is 5.92. The second-order valence-corrected chi connectivity index (χ2v) is 7.01. The van der Waals surface area contributed by atoms with E-state index in [-0.39, 0.29) is 12.2 Å². The molecule has 0 bridgehead atoms. The average molecular weight is 349 g/mol. The molecule has 8 heteroatoms. The molecule has 2 atom stereocenters. The molecular weight excluding hydrogens is 326 g/mol. The normalized spacial score (nSPS) is 25.5. The largest absolute Gasteiger partial charge is 0.375 e. The van der Waals surface area contributed by atoms with Crippen LogP contribution >= 0.6 is 11.3 Å². The summed E-state index contributed by atoms with van der Waals surface area (Å²) >= 11 is 1.64. The van der Waals surface area contributed by atoms with Gasteiger partial charge in [0.2, 0.25) is 0 Å². The molecule has 0 radical (unpaired) electrons. The maximum absolute atomic E-state index is 5.92. The molecule has 4 rings (SSSR count). The summed E-state index contributed by atoms with van der Waals surface area (Å²) < 4.78 is 13.7. The van der Waals surface area contributed by atoms with Gasteiger partial charge in [-0.2, -0.15) is 0 Å². The Morgan fingerprint density at radius 2 is 2.33 bits per heavy atom. The minimum Gasteiger partial charge on any atom is -0.375 e. The number of thiazole rings is 1. The number of nitrogens with zero attached hydrogens (tertiary/aromatic N) is 4. The lowest BCUT2D eigenvalue weighted by molar-refractivity contribution is -0.0817. The van der Waals surface area contributed by atoms with E-state index in [1.807, 2.05) is 23.0 Å². The molecule has 0 amide bonds. The first-order valence-corrected chi connectivity index (χ1v) is 9.31. The van der Waals surface area contributed by atoms with Crippen LogP contribution in [0.3, 0.4) is 0 Å². The van der Waals surface area contributed by atoms with E-state index >= 15 is 0 Å². The van der Waals surface area contributed by atoms with E-state index < -0.39 is 0 Å². The second-order valence-electron chi connectivity index (χ2n) is 6.13. The molecule has 2 aliphatic heterocycles. The van der Waals surface area contributed by atoms with Gasteiger partial charge in [-0.3, -0.25) is 9.39 Å². The molecule has 2 aromatic rings. The number of morpholine rings is 1. The number of guanidine groups is 1. The molecule has 7 nitrogen and oxygen atoms in total. The van der Waals surface area contributed by atoms with Crippen LogP contribution in [0.5, 0.6) is 0 Å². The zero-order chi connectivity index (χ0) is 16.4. The Bertz CT molecular complexity index is 678. The summed E-state index contributed by atoms with van der Waals surface area (Å²) in [4.78, 5) is 12.3. The van der Waals surface area contributed by atoms with Crippen LogP contribution < -0.4 is 5.32 Å². The second kappa shape index (κ2) is 7.08. The highest BCUT2D eigenvalue weighted by Crippen LogP contribution is 2.21. The van der Waals surface area contributed by atoms with Crippen molar-refractivity contribution in [2.45, 2.75) is 31.6 Å². The minimum absolute atomic E-state index is 0.137. The lowest BCUT2D eigenvalue weighted by Gasteiger charge is -2.37. The van der Waals surface area contributed by atoms with Crippen molar-refractivity contribution in [1.29, 1.82) is 0 Å². The van der Waals surface area contributed by atoms with Gasteiger partial charge in [0.15, 0.2) is 10.9 Å². The van der Waals surface area contributed by atoms with Gasteiger partial charge in [-0.15, -0.1) is 11.3 Å². The molecule has 2 aliphatic rings. The Kier molecular flexibility index (Phi) is 4.68. The molecule has 1 N–H and O–H groups in total. The van der Waals surface area contributed by atoms with Crippen LogP contribution in [-0.2, 0) is 16.0 Å². The summed E-state index contributed by atoms with van der Waals surface area (Å²) in [6.07, 6.45) is 6.67. The van der Waals surface area contributed by atoms with Crippen LogP contribution in [0.25, 0.3) is 4.96 Å². The zero-order valence-electron chi connectivity index (χ0n) is 13.9. The van der Waals surface area contributed by atoms with Crippen molar-refractivity contribution in [2.24, 2.45) is 4.99 Å². The third-order valence-electron chi connectivity index (χ3n) is 4.56. The summed E-state index contributed by atoms with van der Waals surface area (Å²) in [5.74, 6) is 0.901. The first-order valence-electron chi connectivity index (χ1n) is 8.43. The number of hydrogen-bond donors (Lipinski definition) is 1. The van der Waals surface area contributed by atoms with Crippen molar-refractivity contribution in [2.75, 3.05) is 33.4 Å². The molecule has 2 saturated heterocycles. The van der Waals surface area contributed by atoms with Crippen LogP contribution in [-0.4, -0.2) is 65.8 Å². The fourth-order valence-corrected chi connectivity index (χ4v) is 4.07. The predicted octanol–water partition coefficient (Wildman–Crippen LogP) is 1.35. The van der Waals surface area contributed by atoms with Gasteiger partial charge in [0, 0.05) is 44.5 Å². The SMILES string of the molecule is CN=C(NCc1cn2ccsc2n1)N1CCOC(C2CCCO2)C1. The smallest absolute Gasteiger partial charge is 0.194 e. The minimum atomic E-state index is 0.137. The lowest BCUT2D eigenvalue weighted by atomic mass is 10.1. The van der Waals surface area contributed by atoms with Gasteiger partial charge in [0.1, 0.15) is 6.10 Å². The summed E-state index contributed by atoms with van der Waals surface area (Å²) in [7, 11) is 1.82. The number of imidazole rings is 1. The van der Waals surface area contributed by atoms with Crippen molar-refractivity contribution in [3.05, 3.63) is 23.5 Å². The fourth-order valence-electron chi connectivity index (χ4n) is 3.35. The Hall–Kier alpha value is -1.64. The van der Waals surface area contributed by atoms with E-state index in [1.54, 1.807) is 11.3 Å². The number of fused-ring (bicyclic) bond motifs is 1. The van der Waals surface area contributed by atoms with Crippen molar-refractivity contribution in [3.8, 4) is 0 Å². The molecule has 0 saturated carbocycles. The predicted molar refractivity (Wildman–Crippen MR) is 93.6 cm³/mol. The summed E-state index contributed by atoms with van der Waals surface area (Å²) in [6.45, 7) is 3.91. The molecule has 0 spiro atoms. The van der Waals surface area contributed by atoms with Crippen LogP contribution in [0.15, 0.2) is 22.8 Å². The Morgan fingerprint density at radius 1 is 1.42 bits per heavy atom. The van der Waals surface area contributed by atoms with E-state index in [2.05, 4.69) is 26.4 Å². The summed E-state index contributed by atoms with van der Waals surface area (Å²) in [5, 5.41) is 5.46. The molecular formula is C16H23N5O2S. The number of aliphatic imine (C=N–C) groups is 1. The van der Waals surface area contributed by atoms with Crippen LogP contribution in [0.4, 0.5) is 0 Å². The van der Waals surface area contributed by atoms with Crippen molar-refractivity contribution in [3.63, 3.8) is 0 Å². The van der Waals surface area contributed by atoms with Crippen LogP contribution in [0.2, 0.25) is 0 Å². The number of rotatable bonds is 3. The standard InChI is InChI=1S/C16H23N5O2S/c1-17-15(18-9-12-10-21-5-8-24-16(21)19-12)20-4-7-23-14(11-20)13-3-2-6-22-13/h5,8,10,13-14H,2-4,6-7,9,11H2,1H3,(H,17,18). The topological polar surface area (TPSA) is 63.4 Å². The van der Waals surface area contributed by atoms with E-state index in [0.29, 0.717) is 13.2 Å². The first kappa shape index (κ1) is 15.9. The molecule has 2 unspecified atom stereocenters. The maximum Gasteiger partial charge on any atom is 0.194 e. The lowest BCUT2D eigenvalue weighted by Crippen LogP contribution is -2.53. The third kappa shape index (κ3) is 3.26. The summed E-state index contributed by atoms with van der Waals surface area (Å²) in [5.41, 5.74) is 1.02. The highest BCUT2D eigenvalue weighted by Gasteiger charge is 2.32. The van der Waals surface area contributed by atoms with Crippen molar-refractivity contribution >= 4 is 22.3 Å². The van der Waals surface area contributed by atoms with E-state index in [0.717, 1.165) is 49.2 Å². The Morgan fingerprint density at radius 3 is 3.12 bits per heavy atom. The van der Waals surface area contributed by atoms with Gasteiger partial charge >= 0.3 is 0 Å². The highest BCUT2D eigenvalue weighted by atomic mass is 32.1. The van der Waals surface area contributed by atoms with Gasteiger partial charge in [-0.1, -0.05) is 0 Å². The van der Waals surface area contributed by atoms with Gasteiger partial charge < -0.3 is 19.7 Å². The molecule has 4 heterocycles. The van der Waals surface area contributed by atoms with Gasteiger partial charge in [-0.25, -0.2) is 4.98 Å². The third-order valence-corrected chi connectivity index (χ3v) is 5.33. The fraction of sp³-hybridized carbons (Fsp3) is 0.625. The van der Waals surface area contributed by atoms with Crippen LogP contribution in [0, 0.1) is 0 Å². The molecule has 2 fully saturated rings. The molecule has 2 aromatic heterocycles. The summed E-state index contributed by atoms with van der Waals surface area (Å²) in [6, 6.07) is 0. The Labute approximate surface area is 145 Å². The monoisotopic (exact) mass is 349 g/mol. The van der Waals surface area contributed by atoms with Gasteiger partial charge in [-0.05, 0) is 12.8 Å². The van der Waals surface area contributed by atoms with Crippen molar-refractivity contribution < 1.29 is 9.47 Å². The first-order chi connectivity index (χ1) is 11.8. The number of hydrogen-bond acceptors (Lipinski definition) is 5. The number of ether oxygens (including phenoxy) is 2. The van der Waals surface area contributed by atoms with E-state index in [1.165, 1.54) is 0 Å². The zero-order valence-corrected chi connectivity index (χ0v) is 14.7. The Balaban J connectivity index is 1.36. The number of nitrogens with one attached hydrogen (secondary N) is 1. The molecule has 0 aromatic carbocycles. The number of aromatic nitrogens is 2. The van der Waals surface area contributed by atoms with E-state index in [4.69, 9.17) is 9.47 Å². The average Bonchev–Trinajstić information content (AvgIpc) is 3.33. The van der Waals surface area contributed by atoms with E-state index in [9.17, 15) is 0 Å². The molecule has 0 aliphatic carbocycles. The quantitative estimate of drug-likeness (QED) is 0.669. The molecule has 24 heavy (non-hydrogen) atoms. The van der Waals surface area contributed by atoms with Crippen LogP contribution in [0.1, 0.15) is 18.5 Å². The van der Waals surface area contributed by atoms with Crippen molar-refractivity contribution in [1.82, 2.24) is 19.6 Å². The highest BCUT2D eigenvalue weighted by molar-refractivity contribution is 7.15.